The summed E-state index contributed by atoms with van der Waals surface area (Å²) < 4.78 is 13.5. The van der Waals surface area contributed by atoms with E-state index >= 15 is 0 Å². The van der Waals surface area contributed by atoms with Crippen molar-refractivity contribution in [1.29, 1.82) is 0 Å². The van der Waals surface area contributed by atoms with E-state index in [1.54, 1.807) is 12.1 Å². The van der Waals surface area contributed by atoms with Gasteiger partial charge in [0.25, 0.3) is 5.91 Å². The minimum atomic E-state index is -1.05. The Morgan fingerprint density at radius 1 is 1.40 bits per heavy atom. The van der Waals surface area contributed by atoms with E-state index in [4.69, 9.17) is 0 Å². The van der Waals surface area contributed by atoms with Gasteiger partial charge in [-0.05, 0) is 31.5 Å². The molecule has 1 amide bonds. The second-order valence-corrected chi connectivity index (χ2v) is 5.85. The number of halogens is 1. The zero-order valence-corrected chi connectivity index (χ0v) is 12.1. The Hall–Kier alpha value is -1.72. The highest BCUT2D eigenvalue weighted by Gasteiger charge is 2.15. The van der Waals surface area contributed by atoms with Crippen LogP contribution in [0.2, 0.25) is 0 Å². The molecule has 0 bridgehead atoms. The Morgan fingerprint density at radius 2 is 2.10 bits per heavy atom. The van der Waals surface area contributed by atoms with E-state index in [0.717, 1.165) is 10.4 Å². The summed E-state index contributed by atoms with van der Waals surface area (Å²) in [5.74, 6) is -0.723. The monoisotopic (exact) mass is 293 g/mol. The van der Waals surface area contributed by atoms with E-state index in [0.29, 0.717) is 4.88 Å². The van der Waals surface area contributed by atoms with Gasteiger partial charge >= 0.3 is 0 Å². The van der Waals surface area contributed by atoms with Gasteiger partial charge in [0.1, 0.15) is 5.82 Å². The molecule has 0 saturated carbocycles. The molecule has 0 fully saturated rings. The Labute approximate surface area is 121 Å². The second-order valence-electron chi connectivity index (χ2n) is 4.60. The minimum absolute atomic E-state index is 0.0181. The molecule has 106 valence electrons. The van der Waals surface area contributed by atoms with Crippen molar-refractivity contribution in [3.63, 3.8) is 0 Å². The first-order valence-corrected chi connectivity index (χ1v) is 7.08. The van der Waals surface area contributed by atoms with Crippen LogP contribution in [-0.2, 0) is 0 Å². The Bertz CT molecular complexity index is 605. The number of amides is 1. The SMILES string of the molecule is Cc1cc(C(=O)NCC(O)c2ccccc2F)sc1C. The molecule has 20 heavy (non-hydrogen) atoms. The van der Waals surface area contributed by atoms with Gasteiger partial charge in [0.2, 0.25) is 0 Å². The molecule has 5 heteroatoms. The summed E-state index contributed by atoms with van der Waals surface area (Å²) in [6.45, 7) is 3.87. The Morgan fingerprint density at radius 3 is 2.70 bits per heavy atom. The lowest BCUT2D eigenvalue weighted by Crippen LogP contribution is -2.28. The van der Waals surface area contributed by atoms with Crippen LogP contribution >= 0.6 is 11.3 Å². The summed E-state index contributed by atoms with van der Waals surface area (Å²) in [7, 11) is 0. The van der Waals surface area contributed by atoms with Crippen LogP contribution < -0.4 is 5.32 Å². The van der Waals surface area contributed by atoms with E-state index in [1.165, 1.54) is 23.5 Å². The third-order valence-corrected chi connectivity index (χ3v) is 4.26. The van der Waals surface area contributed by atoms with Crippen LogP contribution in [-0.4, -0.2) is 17.6 Å². The average Bonchev–Trinajstić information content (AvgIpc) is 2.76. The third-order valence-electron chi connectivity index (χ3n) is 3.11. The van der Waals surface area contributed by atoms with Crippen molar-refractivity contribution >= 4 is 17.2 Å². The fraction of sp³-hybridized carbons (Fsp3) is 0.267. The van der Waals surface area contributed by atoms with Gasteiger partial charge in [-0.2, -0.15) is 0 Å². The maximum absolute atomic E-state index is 13.5. The molecule has 1 atom stereocenters. The standard InChI is InChI=1S/C15H16FNO2S/c1-9-7-14(20-10(9)2)15(19)17-8-13(18)11-5-3-4-6-12(11)16/h3-7,13,18H,8H2,1-2H3,(H,17,19). The highest BCUT2D eigenvalue weighted by atomic mass is 32.1. The van der Waals surface area contributed by atoms with Gasteiger partial charge in [0.05, 0.1) is 11.0 Å². The predicted molar refractivity (Wildman–Crippen MR) is 77.5 cm³/mol. The Balaban J connectivity index is 1.98. The quantitative estimate of drug-likeness (QED) is 0.910. The number of rotatable bonds is 4. The number of thiophene rings is 1. The summed E-state index contributed by atoms with van der Waals surface area (Å²) in [5, 5.41) is 12.5. The highest BCUT2D eigenvalue weighted by Crippen LogP contribution is 2.21. The molecule has 0 radical (unpaired) electrons. The lowest BCUT2D eigenvalue weighted by atomic mass is 10.1. The van der Waals surface area contributed by atoms with Crippen LogP contribution in [0.3, 0.4) is 0 Å². The van der Waals surface area contributed by atoms with Gasteiger partial charge in [0.15, 0.2) is 0 Å². The molecular formula is C15H16FNO2S. The fourth-order valence-electron chi connectivity index (χ4n) is 1.82. The molecule has 0 aliphatic heterocycles. The number of hydrogen-bond acceptors (Lipinski definition) is 3. The van der Waals surface area contributed by atoms with E-state index in [-0.39, 0.29) is 18.0 Å². The van der Waals surface area contributed by atoms with Gasteiger partial charge in [0, 0.05) is 17.0 Å². The first-order valence-electron chi connectivity index (χ1n) is 6.26. The van der Waals surface area contributed by atoms with Crippen molar-refractivity contribution in [3.05, 3.63) is 57.0 Å². The van der Waals surface area contributed by atoms with Crippen LogP contribution in [0.1, 0.15) is 31.8 Å². The Kier molecular flexibility index (Phi) is 4.52. The molecule has 0 saturated heterocycles. The van der Waals surface area contributed by atoms with Gasteiger partial charge in [-0.25, -0.2) is 4.39 Å². The molecule has 3 nitrogen and oxygen atoms in total. The van der Waals surface area contributed by atoms with Crippen molar-refractivity contribution in [2.24, 2.45) is 0 Å². The van der Waals surface area contributed by atoms with Crippen molar-refractivity contribution in [2.45, 2.75) is 20.0 Å². The molecule has 1 aromatic carbocycles. The maximum Gasteiger partial charge on any atom is 0.261 e. The first-order chi connectivity index (χ1) is 9.49. The fourth-order valence-corrected chi connectivity index (χ4v) is 2.77. The normalized spacial score (nSPS) is 12.2. The molecule has 1 aromatic heterocycles. The van der Waals surface area contributed by atoms with Gasteiger partial charge in [-0.15, -0.1) is 11.3 Å². The lowest BCUT2D eigenvalue weighted by molar-refractivity contribution is 0.0918. The summed E-state index contributed by atoms with van der Waals surface area (Å²) in [6, 6.07) is 7.81. The van der Waals surface area contributed by atoms with Crippen LogP contribution in [0, 0.1) is 19.7 Å². The number of aliphatic hydroxyl groups is 1. The molecule has 0 aliphatic carbocycles. The number of hydrogen-bond donors (Lipinski definition) is 2. The molecule has 0 aliphatic rings. The van der Waals surface area contributed by atoms with Gasteiger partial charge in [-0.3, -0.25) is 4.79 Å². The molecule has 1 heterocycles. The van der Waals surface area contributed by atoms with E-state index in [1.807, 2.05) is 19.9 Å². The van der Waals surface area contributed by atoms with Crippen LogP contribution in [0.5, 0.6) is 0 Å². The number of nitrogens with one attached hydrogen (secondary N) is 1. The van der Waals surface area contributed by atoms with E-state index in [2.05, 4.69) is 5.32 Å². The zero-order chi connectivity index (χ0) is 14.7. The number of carbonyl (C=O) groups is 1. The van der Waals surface area contributed by atoms with Crippen molar-refractivity contribution < 1.29 is 14.3 Å². The summed E-state index contributed by atoms with van der Waals surface area (Å²) in [4.78, 5) is 13.6. The largest absolute Gasteiger partial charge is 0.386 e. The number of benzene rings is 1. The summed E-state index contributed by atoms with van der Waals surface area (Å²) in [5.41, 5.74) is 1.25. The molecular weight excluding hydrogens is 277 g/mol. The molecule has 0 spiro atoms. The van der Waals surface area contributed by atoms with E-state index in [9.17, 15) is 14.3 Å². The van der Waals surface area contributed by atoms with Crippen molar-refractivity contribution in [2.75, 3.05) is 6.54 Å². The summed E-state index contributed by atoms with van der Waals surface area (Å²) >= 11 is 1.41. The molecule has 2 aromatic rings. The van der Waals surface area contributed by atoms with Crippen LogP contribution in [0.4, 0.5) is 4.39 Å². The van der Waals surface area contributed by atoms with Crippen LogP contribution in [0.15, 0.2) is 30.3 Å². The number of carbonyl (C=O) groups excluding carboxylic acids is 1. The topological polar surface area (TPSA) is 49.3 Å². The smallest absolute Gasteiger partial charge is 0.261 e. The van der Waals surface area contributed by atoms with Crippen molar-refractivity contribution in [3.8, 4) is 0 Å². The maximum atomic E-state index is 13.5. The molecule has 1 unspecified atom stereocenters. The number of aryl methyl sites for hydroxylation is 2. The lowest BCUT2D eigenvalue weighted by Gasteiger charge is -2.12. The first kappa shape index (κ1) is 14.7. The third kappa shape index (κ3) is 3.23. The van der Waals surface area contributed by atoms with Gasteiger partial charge < -0.3 is 10.4 Å². The predicted octanol–water partition coefficient (Wildman–Crippen LogP) is 2.97. The van der Waals surface area contributed by atoms with Crippen molar-refractivity contribution in [1.82, 2.24) is 5.32 Å². The van der Waals surface area contributed by atoms with Gasteiger partial charge in [-0.1, -0.05) is 18.2 Å². The minimum Gasteiger partial charge on any atom is -0.386 e. The molecule has 2 N–H and O–H groups in total. The van der Waals surface area contributed by atoms with Crippen LogP contribution in [0.25, 0.3) is 0 Å². The number of aliphatic hydroxyl groups excluding tert-OH is 1. The zero-order valence-electron chi connectivity index (χ0n) is 11.3. The second kappa shape index (κ2) is 6.15. The molecule has 2 rings (SSSR count). The van der Waals surface area contributed by atoms with E-state index < -0.39 is 11.9 Å². The summed E-state index contributed by atoms with van der Waals surface area (Å²) in [6.07, 6.45) is -1.05. The average molecular weight is 293 g/mol. The highest BCUT2D eigenvalue weighted by molar-refractivity contribution is 7.14.